The number of rotatable bonds is 1. The number of benzene rings is 1. The van der Waals surface area contributed by atoms with Crippen LogP contribution in [0.1, 0.15) is 18.1 Å². The minimum absolute atomic E-state index is 0.00694. The number of fused-ring (bicyclic) bond motifs is 1. The van der Waals surface area contributed by atoms with Crippen LogP contribution >= 0.6 is 11.6 Å². The quantitative estimate of drug-likeness (QED) is 0.729. The molecule has 1 atom stereocenters. The number of hydrogen-bond acceptors (Lipinski definition) is 1. The Morgan fingerprint density at radius 3 is 2.79 bits per heavy atom. The van der Waals surface area contributed by atoms with Crippen molar-refractivity contribution in [3.8, 4) is 0 Å². The van der Waals surface area contributed by atoms with E-state index in [0.29, 0.717) is 11.3 Å². The Balaban J connectivity index is 2.71. The predicted molar refractivity (Wildman–Crippen MR) is 50.3 cm³/mol. The van der Waals surface area contributed by atoms with Crippen molar-refractivity contribution in [2.75, 3.05) is 0 Å². The number of H-pyrrole nitrogens is 1. The normalized spacial score (nSPS) is 13.4. The zero-order chi connectivity index (χ0) is 10.3. The summed E-state index contributed by atoms with van der Waals surface area (Å²) in [5, 5.41) is -0.357. The van der Waals surface area contributed by atoms with Gasteiger partial charge in [-0.2, -0.15) is 0 Å². The Labute approximate surface area is 83.9 Å². The average molecular weight is 217 g/mol. The molecule has 1 heterocycles. The maximum atomic E-state index is 13.2. The Bertz CT molecular complexity index is 479. The zero-order valence-electron chi connectivity index (χ0n) is 7.31. The summed E-state index contributed by atoms with van der Waals surface area (Å²) in [5.74, 6) is -1.41. The monoisotopic (exact) mass is 216 g/mol. The molecule has 0 bridgehead atoms. The van der Waals surface area contributed by atoms with Gasteiger partial charge < -0.3 is 4.98 Å². The molecule has 0 aliphatic heterocycles. The van der Waals surface area contributed by atoms with E-state index in [9.17, 15) is 8.78 Å². The first kappa shape index (κ1) is 9.40. The first-order valence-corrected chi connectivity index (χ1v) is 4.51. The Morgan fingerprint density at radius 1 is 1.43 bits per heavy atom. The predicted octanol–water partition coefficient (Wildman–Crippen LogP) is 3.14. The minimum Gasteiger partial charge on any atom is -0.341 e. The molecule has 14 heavy (non-hydrogen) atoms. The second-order valence-electron chi connectivity index (χ2n) is 3.00. The van der Waals surface area contributed by atoms with Gasteiger partial charge in [-0.25, -0.2) is 13.8 Å². The van der Waals surface area contributed by atoms with E-state index in [2.05, 4.69) is 9.97 Å². The van der Waals surface area contributed by atoms with Crippen LogP contribution in [0.25, 0.3) is 11.0 Å². The highest BCUT2D eigenvalue weighted by molar-refractivity contribution is 6.20. The van der Waals surface area contributed by atoms with Gasteiger partial charge in [-0.3, -0.25) is 0 Å². The fourth-order valence-electron chi connectivity index (χ4n) is 1.22. The van der Waals surface area contributed by atoms with Crippen LogP contribution in [0, 0.1) is 11.6 Å². The molecular weight excluding hydrogens is 210 g/mol. The van der Waals surface area contributed by atoms with E-state index in [1.165, 1.54) is 6.07 Å². The van der Waals surface area contributed by atoms with Crippen LogP contribution in [0.5, 0.6) is 0 Å². The molecule has 2 nitrogen and oxygen atoms in total. The second kappa shape index (κ2) is 3.20. The van der Waals surface area contributed by atoms with Crippen molar-refractivity contribution in [2.45, 2.75) is 12.3 Å². The van der Waals surface area contributed by atoms with Gasteiger partial charge in [0.25, 0.3) is 0 Å². The lowest BCUT2D eigenvalue weighted by atomic mass is 10.3. The summed E-state index contributed by atoms with van der Waals surface area (Å²) >= 11 is 5.76. The average Bonchev–Trinajstić information content (AvgIpc) is 2.56. The van der Waals surface area contributed by atoms with Crippen molar-refractivity contribution in [1.82, 2.24) is 9.97 Å². The molecule has 1 aromatic heterocycles. The number of imidazole rings is 1. The van der Waals surface area contributed by atoms with Gasteiger partial charge in [0.05, 0.1) is 10.9 Å². The third kappa shape index (κ3) is 1.35. The summed E-state index contributed by atoms with van der Waals surface area (Å²) in [6.45, 7) is 1.70. The molecule has 0 amide bonds. The Hall–Kier alpha value is -1.16. The second-order valence-corrected chi connectivity index (χ2v) is 3.65. The maximum Gasteiger partial charge on any atom is 0.186 e. The van der Waals surface area contributed by atoms with Crippen molar-refractivity contribution in [3.63, 3.8) is 0 Å². The van der Waals surface area contributed by atoms with Gasteiger partial charge in [-0.1, -0.05) is 0 Å². The van der Waals surface area contributed by atoms with E-state index >= 15 is 0 Å². The molecule has 0 aliphatic carbocycles. The minimum atomic E-state index is -0.942. The van der Waals surface area contributed by atoms with Gasteiger partial charge in [0.2, 0.25) is 0 Å². The number of halogens is 3. The molecule has 1 unspecified atom stereocenters. The lowest BCUT2D eigenvalue weighted by molar-refractivity contribution is 0.515. The third-order valence-electron chi connectivity index (χ3n) is 1.94. The lowest BCUT2D eigenvalue weighted by Crippen LogP contribution is -1.86. The summed E-state index contributed by atoms with van der Waals surface area (Å²) in [5.41, 5.74) is 0.443. The van der Waals surface area contributed by atoms with E-state index in [4.69, 9.17) is 11.6 Å². The molecule has 1 N–H and O–H groups in total. The van der Waals surface area contributed by atoms with Gasteiger partial charge in [0, 0.05) is 0 Å². The van der Waals surface area contributed by atoms with E-state index < -0.39 is 11.6 Å². The van der Waals surface area contributed by atoms with Crippen molar-refractivity contribution in [1.29, 1.82) is 0 Å². The van der Waals surface area contributed by atoms with Gasteiger partial charge >= 0.3 is 0 Å². The molecule has 0 radical (unpaired) electrons. The van der Waals surface area contributed by atoms with Crippen LogP contribution in [0.4, 0.5) is 8.78 Å². The highest BCUT2D eigenvalue weighted by Crippen LogP contribution is 2.23. The van der Waals surface area contributed by atoms with Gasteiger partial charge in [-0.15, -0.1) is 11.6 Å². The number of nitrogens with zero attached hydrogens (tertiary/aromatic N) is 1. The highest BCUT2D eigenvalue weighted by atomic mass is 35.5. The molecule has 2 aromatic rings. The number of alkyl halides is 1. The summed E-state index contributed by atoms with van der Waals surface area (Å²) in [4.78, 5) is 6.68. The topological polar surface area (TPSA) is 28.7 Å². The highest BCUT2D eigenvalue weighted by Gasteiger charge is 2.13. The summed E-state index contributed by atoms with van der Waals surface area (Å²) in [7, 11) is 0. The van der Waals surface area contributed by atoms with Crippen molar-refractivity contribution < 1.29 is 8.78 Å². The smallest absolute Gasteiger partial charge is 0.186 e. The van der Waals surface area contributed by atoms with Gasteiger partial charge in [0.1, 0.15) is 11.3 Å². The first-order chi connectivity index (χ1) is 6.59. The molecular formula is C9H7ClF2N2. The van der Waals surface area contributed by atoms with Crippen LogP contribution in [0.15, 0.2) is 12.1 Å². The number of nitrogens with one attached hydrogen (secondary N) is 1. The molecule has 0 spiro atoms. The SMILES string of the molecule is CC(Cl)c1nc2c(F)c(F)ccc2[nH]1. The molecule has 0 saturated heterocycles. The van der Waals surface area contributed by atoms with Gasteiger partial charge in [-0.05, 0) is 19.1 Å². The van der Waals surface area contributed by atoms with Crippen LogP contribution in [-0.2, 0) is 0 Å². The van der Waals surface area contributed by atoms with Crippen molar-refractivity contribution in [2.24, 2.45) is 0 Å². The van der Waals surface area contributed by atoms with Crippen LogP contribution < -0.4 is 0 Å². The largest absolute Gasteiger partial charge is 0.341 e. The third-order valence-corrected chi connectivity index (χ3v) is 2.15. The number of hydrogen-bond donors (Lipinski definition) is 1. The molecule has 74 valence electrons. The Morgan fingerprint density at radius 2 is 2.14 bits per heavy atom. The van der Waals surface area contributed by atoms with Crippen LogP contribution in [0.2, 0.25) is 0 Å². The van der Waals surface area contributed by atoms with E-state index in [0.717, 1.165) is 6.07 Å². The van der Waals surface area contributed by atoms with Gasteiger partial charge in [0.15, 0.2) is 11.6 Å². The van der Waals surface area contributed by atoms with Crippen LogP contribution in [-0.4, -0.2) is 9.97 Å². The van der Waals surface area contributed by atoms with Crippen molar-refractivity contribution in [3.05, 3.63) is 29.6 Å². The summed E-state index contributed by atoms with van der Waals surface area (Å²) in [6.07, 6.45) is 0. The fourth-order valence-corrected chi connectivity index (χ4v) is 1.33. The van der Waals surface area contributed by atoms with E-state index in [1.807, 2.05) is 0 Å². The molecule has 2 rings (SSSR count). The van der Waals surface area contributed by atoms with E-state index in [1.54, 1.807) is 6.92 Å². The molecule has 0 saturated carbocycles. The van der Waals surface area contributed by atoms with E-state index in [-0.39, 0.29) is 10.9 Å². The summed E-state index contributed by atoms with van der Waals surface area (Å²) in [6, 6.07) is 2.49. The Kier molecular flexibility index (Phi) is 2.15. The molecule has 1 aromatic carbocycles. The number of aromatic amines is 1. The number of aromatic nitrogens is 2. The molecule has 5 heteroatoms. The van der Waals surface area contributed by atoms with Crippen molar-refractivity contribution >= 4 is 22.6 Å². The standard InChI is InChI=1S/C9H7ClF2N2/c1-4(10)9-13-6-3-2-5(11)7(12)8(6)14-9/h2-4H,1H3,(H,13,14). The zero-order valence-corrected chi connectivity index (χ0v) is 8.07. The molecule has 0 aliphatic rings. The summed E-state index contributed by atoms with van der Waals surface area (Å²) < 4.78 is 26.0. The maximum absolute atomic E-state index is 13.2. The molecule has 0 fully saturated rings. The fraction of sp³-hybridized carbons (Fsp3) is 0.222. The first-order valence-electron chi connectivity index (χ1n) is 4.07. The lowest BCUT2D eigenvalue weighted by Gasteiger charge is -1.93. The van der Waals surface area contributed by atoms with Crippen LogP contribution in [0.3, 0.4) is 0 Å².